The lowest BCUT2D eigenvalue weighted by Crippen LogP contribution is -1.98. The SMILES string of the molecule is C=C1CCc2cc(Cl)sc2C1=C. The van der Waals surface area contributed by atoms with E-state index in [1.807, 2.05) is 6.07 Å². The Morgan fingerprint density at radius 1 is 1.33 bits per heavy atom. The van der Waals surface area contributed by atoms with Crippen LogP contribution >= 0.6 is 22.9 Å². The van der Waals surface area contributed by atoms with Crippen molar-refractivity contribution in [3.63, 3.8) is 0 Å². The number of thiophene rings is 1. The summed E-state index contributed by atoms with van der Waals surface area (Å²) in [5.74, 6) is 0. The monoisotopic (exact) mass is 196 g/mol. The van der Waals surface area contributed by atoms with Gasteiger partial charge in [-0.3, -0.25) is 0 Å². The summed E-state index contributed by atoms with van der Waals surface area (Å²) in [6.07, 6.45) is 2.09. The molecule has 0 nitrogen and oxygen atoms in total. The molecule has 0 aliphatic heterocycles. The zero-order valence-corrected chi connectivity index (χ0v) is 8.26. The number of allylic oxidation sites excluding steroid dienone is 2. The maximum Gasteiger partial charge on any atom is 0.0937 e. The van der Waals surface area contributed by atoms with Gasteiger partial charge in [-0.15, -0.1) is 11.3 Å². The Morgan fingerprint density at radius 3 is 2.83 bits per heavy atom. The summed E-state index contributed by atoms with van der Waals surface area (Å²) in [6, 6.07) is 2.04. The standard InChI is InChI=1S/C10H9ClS/c1-6-3-4-8-5-9(11)12-10(8)7(6)2/h5H,1-4H2. The molecule has 0 bridgehead atoms. The average Bonchev–Trinajstić information content (AvgIpc) is 2.39. The van der Waals surface area contributed by atoms with Crippen molar-refractivity contribution in [2.24, 2.45) is 0 Å². The van der Waals surface area contributed by atoms with E-state index in [4.69, 9.17) is 11.6 Å². The van der Waals surface area contributed by atoms with Crippen LogP contribution in [0.1, 0.15) is 16.9 Å². The van der Waals surface area contributed by atoms with Crippen molar-refractivity contribution in [2.75, 3.05) is 0 Å². The lowest BCUT2D eigenvalue weighted by atomic mass is 9.92. The fraction of sp³-hybridized carbons (Fsp3) is 0.200. The highest BCUT2D eigenvalue weighted by atomic mass is 35.5. The molecule has 1 aliphatic rings. The number of rotatable bonds is 0. The number of fused-ring (bicyclic) bond motifs is 1. The van der Waals surface area contributed by atoms with E-state index >= 15 is 0 Å². The summed E-state index contributed by atoms with van der Waals surface area (Å²) in [4.78, 5) is 1.23. The van der Waals surface area contributed by atoms with E-state index in [1.54, 1.807) is 11.3 Å². The minimum absolute atomic E-state index is 0.857. The summed E-state index contributed by atoms with van der Waals surface area (Å²) in [5.41, 5.74) is 3.57. The molecule has 2 rings (SSSR count). The fourth-order valence-electron chi connectivity index (χ4n) is 1.43. The Labute approximate surface area is 81.2 Å². The van der Waals surface area contributed by atoms with Gasteiger partial charge in [-0.05, 0) is 35.6 Å². The lowest BCUT2D eigenvalue weighted by molar-refractivity contribution is 0.955. The van der Waals surface area contributed by atoms with Crippen molar-refractivity contribution in [3.8, 4) is 0 Å². The van der Waals surface area contributed by atoms with Gasteiger partial charge in [0.25, 0.3) is 0 Å². The second-order valence-electron chi connectivity index (χ2n) is 2.99. The third-order valence-electron chi connectivity index (χ3n) is 2.18. The van der Waals surface area contributed by atoms with E-state index in [-0.39, 0.29) is 0 Å². The van der Waals surface area contributed by atoms with Crippen molar-refractivity contribution in [3.05, 3.63) is 39.6 Å². The third-order valence-corrected chi connectivity index (χ3v) is 3.54. The number of hydrogen-bond donors (Lipinski definition) is 0. The Balaban J connectivity index is 2.55. The van der Waals surface area contributed by atoms with Gasteiger partial charge in [0, 0.05) is 4.88 Å². The maximum absolute atomic E-state index is 5.91. The minimum atomic E-state index is 0.857. The molecule has 0 spiro atoms. The molecule has 0 saturated carbocycles. The molecule has 0 saturated heterocycles. The summed E-state index contributed by atoms with van der Waals surface area (Å²) in [6.45, 7) is 7.97. The zero-order valence-electron chi connectivity index (χ0n) is 6.69. The van der Waals surface area contributed by atoms with Crippen LogP contribution in [-0.2, 0) is 6.42 Å². The normalized spacial score (nSPS) is 16.4. The van der Waals surface area contributed by atoms with Gasteiger partial charge in [-0.1, -0.05) is 24.8 Å². The molecule has 1 heterocycles. The van der Waals surface area contributed by atoms with Crippen LogP contribution in [0.2, 0.25) is 4.34 Å². The Kier molecular flexibility index (Phi) is 1.85. The first kappa shape index (κ1) is 8.09. The van der Waals surface area contributed by atoms with Crippen LogP contribution in [0.3, 0.4) is 0 Å². The highest BCUT2D eigenvalue weighted by Gasteiger charge is 2.17. The van der Waals surface area contributed by atoms with E-state index in [2.05, 4.69) is 13.2 Å². The van der Waals surface area contributed by atoms with Crippen molar-refractivity contribution in [2.45, 2.75) is 12.8 Å². The highest BCUT2D eigenvalue weighted by molar-refractivity contribution is 7.17. The average molecular weight is 197 g/mol. The van der Waals surface area contributed by atoms with Crippen LogP contribution in [0, 0.1) is 0 Å². The predicted molar refractivity (Wildman–Crippen MR) is 55.8 cm³/mol. The predicted octanol–water partition coefficient (Wildman–Crippen LogP) is 3.92. The number of hydrogen-bond acceptors (Lipinski definition) is 1. The molecular formula is C10H9ClS. The van der Waals surface area contributed by atoms with E-state index in [0.29, 0.717) is 0 Å². The van der Waals surface area contributed by atoms with Gasteiger partial charge >= 0.3 is 0 Å². The largest absolute Gasteiger partial charge is 0.123 e. The smallest absolute Gasteiger partial charge is 0.0937 e. The van der Waals surface area contributed by atoms with E-state index in [9.17, 15) is 0 Å². The van der Waals surface area contributed by atoms with Crippen molar-refractivity contribution >= 4 is 28.5 Å². The zero-order chi connectivity index (χ0) is 8.72. The van der Waals surface area contributed by atoms with Crippen molar-refractivity contribution < 1.29 is 0 Å². The minimum Gasteiger partial charge on any atom is -0.123 e. The van der Waals surface area contributed by atoms with Gasteiger partial charge in [0.05, 0.1) is 4.34 Å². The highest BCUT2D eigenvalue weighted by Crippen LogP contribution is 2.39. The first-order chi connectivity index (χ1) is 5.68. The summed E-state index contributed by atoms with van der Waals surface area (Å²) in [5, 5.41) is 0. The van der Waals surface area contributed by atoms with Crippen molar-refractivity contribution in [1.82, 2.24) is 0 Å². The van der Waals surface area contributed by atoms with Gasteiger partial charge in [0.2, 0.25) is 0 Å². The summed E-state index contributed by atoms with van der Waals surface area (Å²) in [7, 11) is 0. The molecule has 1 aromatic rings. The first-order valence-corrected chi connectivity index (χ1v) is 5.03. The van der Waals surface area contributed by atoms with E-state index < -0.39 is 0 Å². The molecular weight excluding hydrogens is 188 g/mol. The van der Waals surface area contributed by atoms with Gasteiger partial charge in [0.15, 0.2) is 0 Å². The first-order valence-electron chi connectivity index (χ1n) is 3.84. The van der Waals surface area contributed by atoms with Crippen LogP contribution in [0.15, 0.2) is 24.8 Å². The molecule has 1 aromatic heterocycles. The Morgan fingerprint density at radius 2 is 2.08 bits per heavy atom. The van der Waals surface area contributed by atoms with Crippen LogP contribution < -0.4 is 0 Å². The van der Waals surface area contributed by atoms with Crippen LogP contribution in [-0.4, -0.2) is 0 Å². The Bertz CT molecular complexity index is 360. The molecule has 1 aliphatic carbocycles. The number of halogens is 1. The maximum atomic E-state index is 5.91. The third kappa shape index (κ3) is 1.13. The second kappa shape index (κ2) is 2.75. The molecule has 0 aromatic carbocycles. The van der Waals surface area contributed by atoms with Gasteiger partial charge in [0.1, 0.15) is 0 Å². The Hall–Kier alpha value is -0.530. The quantitative estimate of drug-likeness (QED) is 0.590. The molecule has 0 N–H and O–H groups in total. The van der Waals surface area contributed by atoms with Crippen molar-refractivity contribution in [1.29, 1.82) is 0 Å². The summed E-state index contributed by atoms with van der Waals surface area (Å²) < 4.78 is 0.857. The van der Waals surface area contributed by atoms with Crippen LogP contribution in [0.4, 0.5) is 0 Å². The topological polar surface area (TPSA) is 0 Å². The molecule has 0 unspecified atom stereocenters. The van der Waals surface area contributed by atoms with E-state index in [1.165, 1.54) is 10.4 Å². The molecule has 0 atom stereocenters. The molecule has 2 heteroatoms. The molecule has 0 amide bonds. The van der Waals surface area contributed by atoms with Gasteiger partial charge in [-0.2, -0.15) is 0 Å². The van der Waals surface area contributed by atoms with Crippen LogP contribution in [0.5, 0.6) is 0 Å². The summed E-state index contributed by atoms with van der Waals surface area (Å²) >= 11 is 7.52. The van der Waals surface area contributed by atoms with Crippen LogP contribution in [0.25, 0.3) is 5.57 Å². The molecule has 0 fully saturated rings. The van der Waals surface area contributed by atoms with Gasteiger partial charge < -0.3 is 0 Å². The molecule has 12 heavy (non-hydrogen) atoms. The van der Waals surface area contributed by atoms with E-state index in [0.717, 1.165) is 28.3 Å². The molecule has 62 valence electrons. The molecule has 0 radical (unpaired) electrons. The fourth-order valence-corrected chi connectivity index (χ4v) is 2.75. The van der Waals surface area contributed by atoms with Gasteiger partial charge in [-0.25, -0.2) is 0 Å². The lowest BCUT2D eigenvalue weighted by Gasteiger charge is -2.15. The number of aryl methyl sites for hydroxylation is 1. The second-order valence-corrected chi connectivity index (χ2v) is 4.67.